The number of fused-ring (bicyclic) bond motifs is 1. The van der Waals surface area contributed by atoms with Gasteiger partial charge in [-0.2, -0.15) is 0 Å². The molecule has 1 fully saturated rings. The average molecular weight is 498 g/mol. The zero-order chi connectivity index (χ0) is 25.8. The van der Waals surface area contributed by atoms with E-state index in [1.165, 1.54) is 17.0 Å². The van der Waals surface area contributed by atoms with Crippen molar-refractivity contribution in [3.63, 3.8) is 0 Å². The van der Waals surface area contributed by atoms with E-state index in [0.29, 0.717) is 31.4 Å². The summed E-state index contributed by atoms with van der Waals surface area (Å²) in [6.07, 6.45) is -0.286. The largest absolute Gasteiger partial charge is 0.465 e. The molecule has 4 aromatic rings. The van der Waals surface area contributed by atoms with E-state index in [0.717, 1.165) is 21.9 Å². The third kappa shape index (κ3) is 5.64. The molecule has 2 unspecified atom stereocenters. The number of amides is 1. The molecule has 5 nitrogen and oxygen atoms in total. The minimum atomic E-state index is -1.04. The van der Waals surface area contributed by atoms with Crippen molar-refractivity contribution in [1.82, 2.24) is 4.90 Å². The minimum absolute atomic E-state index is 0.0238. The van der Waals surface area contributed by atoms with Crippen LogP contribution in [0.4, 0.5) is 9.18 Å². The lowest BCUT2D eigenvalue weighted by Crippen LogP contribution is -2.52. The molecule has 1 aliphatic heterocycles. The molecule has 5 rings (SSSR count). The summed E-state index contributed by atoms with van der Waals surface area (Å²) in [7, 11) is 0. The smallest absolute Gasteiger partial charge is 0.407 e. The maximum Gasteiger partial charge on any atom is 0.407 e. The van der Waals surface area contributed by atoms with Crippen LogP contribution in [-0.4, -0.2) is 40.8 Å². The Labute approximate surface area is 215 Å². The summed E-state index contributed by atoms with van der Waals surface area (Å²) in [5.41, 5.74) is 2.33. The van der Waals surface area contributed by atoms with Crippen LogP contribution in [0.3, 0.4) is 0 Å². The second-order valence-electron chi connectivity index (χ2n) is 9.51. The van der Waals surface area contributed by atoms with Crippen molar-refractivity contribution in [3.05, 3.63) is 120 Å². The van der Waals surface area contributed by atoms with Gasteiger partial charge in [0.05, 0.1) is 11.6 Å². The lowest BCUT2D eigenvalue weighted by atomic mass is 9.82. The Morgan fingerprint density at radius 1 is 0.919 bits per heavy atom. The predicted octanol–water partition coefficient (Wildman–Crippen LogP) is 6.67. The lowest BCUT2D eigenvalue weighted by Gasteiger charge is -2.41. The number of hydrogen-bond donors (Lipinski definition) is 1. The first-order valence-electron chi connectivity index (χ1n) is 12.5. The van der Waals surface area contributed by atoms with Crippen LogP contribution < -0.4 is 0 Å². The molecule has 188 valence electrons. The fourth-order valence-corrected chi connectivity index (χ4v) is 5.26. The highest BCUT2D eigenvalue weighted by molar-refractivity contribution is 5.89. The monoisotopic (exact) mass is 497 g/mol. The number of carbonyl (C=O) groups excluding carboxylic acids is 1. The highest BCUT2D eigenvalue weighted by atomic mass is 19.1. The van der Waals surface area contributed by atoms with Crippen LogP contribution in [0.2, 0.25) is 0 Å². The van der Waals surface area contributed by atoms with Gasteiger partial charge in [0, 0.05) is 13.0 Å². The van der Waals surface area contributed by atoms with Crippen molar-refractivity contribution < 1.29 is 23.8 Å². The van der Waals surface area contributed by atoms with Gasteiger partial charge in [-0.05, 0) is 64.9 Å². The van der Waals surface area contributed by atoms with Gasteiger partial charge >= 0.3 is 12.1 Å². The second kappa shape index (κ2) is 10.8. The highest BCUT2D eigenvalue weighted by Crippen LogP contribution is 2.35. The maximum absolute atomic E-state index is 13.5. The van der Waals surface area contributed by atoms with E-state index < -0.39 is 24.2 Å². The van der Waals surface area contributed by atoms with Crippen molar-refractivity contribution in [2.75, 3.05) is 6.54 Å². The Morgan fingerprint density at radius 2 is 1.62 bits per heavy atom. The second-order valence-corrected chi connectivity index (χ2v) is 9.51. The van der Waals surface area contributed by atoms with Crippen molar-refractivity contribution in [2.45, 2.75) is 37.3 Å². The maximum atomic E-state index is 13.5. The number of nitrogens with zero attached hydrogens (tertiary/aromatic N) is 1. The highest BCUT2D eigenvalue weighted by Gasteiger charge is 2.39. The minimum Gasteiger partial charge on any atom is -0.465 e. The van der Waals surface area contributed by atoms with E-state index in [2.05, 4.69) is 6.07 Å². The van der Waals surface area contributed by atoms with Crippen LogP contribution in [0.25, 0.3) is 10.8 Å². The van der Waals surface area contributed by atoms with Gasteiger partial charge in [-0.3, -0.25) is 0 Å². The molecule has 0 radical (unpaired) electrons. The van der Waals surface area contributed by atoms with E-state index >= 15 is 0 Å². The first kappa shape index (κ1) is 24.5. The lowest BCUT2D eigenvalue weighted by molar-refractivity contribution is -0.0109. The van der Waals surface area contributed by atoms with Crippen molar-refractivity contribution in [3.8, 4) is 0 Å². The molecule has 1 aliphatic rings. The summed E-state index contributed by atoms with van der Waals surface area (Å²) in [5, 5.41) is 12.2. The zero-order valence-corrected chi connectivity index (χ0v) is 20.3. The predicted molar refractivity (Wildman–Crippen MR) is 140 cm³/mol. The molecule has 1 N–H and O–H groups in total. The third-order valence-corrected chi connectivity index (χ3v) is 7.18. The molecule has 0 aliphatic carbocycles. The Morgan fingerprint density at radius 3 is 2.35 bits per heavy atom. The Balaban J connectivity index is 1.48. The summed E-state index contributed by atoms with van der Waals surface area (Å²) in [5.74, 6) is -0.773. The molecule has 37 heavy (non-hydrogen) atoms. The van der Waals surface area contributed by atoms with Crippen LogP contribution in [0.5, 0.6) is 0 Å². The van der Waals surface area contributed by atoms with E-state index in [1.807, 2.05) is 42.5 Å². The van der Waals surface area contributed by atoms with E-state index in [9.17, 15) is 19.1 Å². The SMILES string of the molecule is O=C(O[C@H](Cc1ccc2ccccc2c1)C1CC(c2ccc(F)cc2)CCN1C(=O)O)c1ccccc1. The number of carbonyl (C=O) groups is 2. The molecule has 0 spiro atoms. The Hall–Kier alpha value is -4.19. The summed E-state index contributed by atoms with van der Waals surface area (Å²) in [6.45, 7) is 0.305. The van der Waals surface area contributed by atoms with Gasteiger partial charge in [0.25, 0.3) is 0 Å². The molecule has 0 saturated carbocycles. The van der Waals surface area contributed by atoms with Crippen LogP contribution in [0.1, 0.15) is 40.2 Å². The summed E-state index contributed by atoms with van der Waals surface area (Å²) < 4.78 is 19.6. The van der Waals surface area contributed by atoms with Crippen molar-refractivity contribution in [2.24, 2.45) is 0 Å². The molecule has 1 saturated heterocycles. The van der Waals surface area contributed by atoms with Gasteiger partial charge in [-0.15, -0.1) is 0 Å². The standard InChI is InChI=1S/C31H28FNO4/c32-27-14-12-23(13-15-27)26-16-17-33(31(35)36)28(20-26)29(37-30(34)24-7-2-1-3-8-24)19-21-10-11-22-6-4-5-9-25(22)18-21/h1-15,18,26,28-29H,16-17,19-20H2,(H,35,36)/t26?,28?,29-/m1/s1. The molecular formula is C31H28FNO4. The van der Waals surface area contributed by atoms with Gasteiger partial charge in [-0.1, -0.05) is 72.8 Å². The number of rotatable bonds is 6. The van der Waals surface area contributed by atoms with E-state index in [-0.39, 0.29) is 11.7 Å². The normalized spacial score (nSPS) is 18.4. The Kier molecular flexibility index (Phi) is 7.17. The summed E-state index contributed by atoms with van der Waals surface area (Å²) in [6, 6.07) is 28.6. The number of ether oxygens (including phenoxy) is 1. The van der Waals surface area contributed by atoms with Crippen LogP contribution >= 0.6 is 0 Å². The van der Waals surface area contributed by atoms with Gasteiger partial charge in [0.2, 0.25) is 0 Å². The van der Waals surface area contributed by atoms with Gasteiger partial charge in [0.15, 0.2) is 0 Å². The van der Waals surface area contributed by atoms with E-state index in [4.69, 9.17) is 4.74 Å². The van der Waals surface area contributed by atoms with Crippen LogP contribution in [-0.2, 0) is 11.2 Å². The molecule has 1 heterocycles. The number of halogens is 1. The topological polar surface area (TPSA) is 66.8 Å². The van der Waals surface area contributed by atoms with Crippen LogP contribution in [0, 0.1) is 5.82 Å². The first-order valence-corrected chi connectivity index (χ1v) is 12.5. The molecule has 6 heteroatoms. The van der Waals surface area contributed by atoms with Crippen molar-refractivity contribution >= 4 is 22.8 Å². The number of esters is 1. The molecular weight excluding hydrogens is 469 g/mol. The number of carboxylic acid groups (broad SMARTS) is 1. The van der Waals surface area contributed by atoms with Gasteiger partial charge < -0.3 is 14.7 Å². The molecule has 4 aromatic carbocycles. The molecule has 0 aromatic heterocycles. The fourth-order valence-electron chi connectivity index (χ4n) is 5.26. The zero-order valence-electron chi connectivity index (χ0n) is 20.3. The fraction of sp³-hybridized carbons (Fsp3) is 0.226. The summed E-state index contributed by atoms with van der Waals surface area (Å²) in [4.78, 5) is 26.8. The third-order valence-electron chi connectivity index (χ3n) is 7.18. The number of hydrogen-bond acceptors (Lipinski definition) is 3. The average Bonchev–Trinajstić information content (AvgIpc) is 2.93. The van der Waals surface area contributed by atoms with Crippen LogP contribution in [0.15, 0.2) is 97.1 Å². The number of likely N-dealkylation sites (tertiary alicyclic amines) is 1. The molecule has 0 bridgehead atoms. The quantitative estimate of drug-likeness (QED) is 0.302. The van der Waals surface area contributed by atoms with Crippen molar-refractivity contribution in [1.29, 1.82) is 0 Å². The van der Waals surface area contributed by atoms with E-state index in [1.54, 1.807) is 36.4 Å². The first-order chi connectivity index (χ1) is 18.0. The number of benzene rings is 4. The van der Waals surface area contributed by atoms with Gasteiger partial charge in [-0.25, -0.2) is 14.0 Å². The number of piperidine rings is 1. The Bertz CT molecular complexity index is 1390. The molecule has 1 amide bonds. The van der Waals surface area contributed by atoms with Gasteiger partial charge in [0.1, 0.15) is 11.9 Å². The summed E-state index contributed by atoms with van der Waals surface area (Å²) >= 11 is 0. The molecule has 3 atom stereocenters.